The van der Waals surface area contributed by atoms with Crippen LogP contribution in [0, 0.1) is 0 Å². The topological polar surface area (TPSA) is 0 Å². The van der Waals surface area contributed by atoms with Gasteiger partial charge in [0, 0.05) is 48.8 Å². The van der Waals surface area contributed by atoms with E-state index in [4.69, 9.17) is 0 Å². The second kappa shape index (κ2) is 16.0. The lowest BCUT2D eigenvalue weighted by Gasteiger charge is -1.96. The molecule has 0 nitrogen and oxygen atoms in total. The molecule has 214 valence electrons. The van der Waals surface area contributed by atoms with Gasteiger partial charge < -0.3 is 0 Å². The zero-order valence-corrected chi connectivity index (χ0v) is 28.3. The van der Waals surface area contributed by atoms with Gasteiger partial charge in [-0.25, -0.2) is 0 Å². The van der Waals surface area contributed by atoms with Crippen LogP contribution in [0.5, 0.6) is 0 Å². The summed E-state index contributed by atoms with van der Waals surface area (Å²) in [6.45, 7) is 4.55. The molecule has 5 heterocycles. The molecule has 0 aliphatic rings. The second-order valence-corrected chi connectivity index (χ2v) is 16.2. The standard InChI is InChI=1S/C36H40S5/c1-3-5-7-9-11-27-13-15-29(37-27)17-19-31-21-23-33(39-31)35-25-26-36(41-35)34-24-22-32(40-34)20-18-30-16-14-28(38-30)12-10-8-6-4-2/h13-26H,3-12H2,1-2H3. The predicted molar refractivity (Wildman–Crippen MR) is 193 cm³/mol. The van der Waals surface area contributed by atoms with E-state index in [0.29, 0.717) is 0 Å². The molecule has 0 spiro atoms. The van der Waals surface area contributed by atoms with Gasteiger partial charge in [-0.3, -0.25) is 0 Å². The van der Waals surface area contributed by atoms with Crippen LogP contribution >= 0.6 is 56.7 Å². The van der Waals surface area contributed by atoms with E-state index in [2.05, 4.69) is 98.8 Å². The summed E-state index contributed by atoms with van der Waals surface area (Å²) in [5, 5.41) is 0. The highest BCUT2D eigenvalue weighted by Gasteiger charge is 2.09. The zero-order chi connectivity index (χ0) is 28.3. The average Bonchev–Trinajstić information content (AvgIpc) is 3.82. The number of rotatable bonds is 16. The smallest absolute Gasteiger partial charge is 0.0449 e. The molecule has 0 saturated heterocycles. The van der Waals surface area contributed by atoms with Gasteiger partial charge in [-0.1, -0.05) is 52.4 Å². The van der Waals surface area contributed by atoms with E-state index in [-0.39, 0.29) is 0 Å². The summed E-state index contributed by atoms with van der Waals surface area (Å²) in [6, 6.07) is 22.8. The van der Waals surface area contributed by atoms with Crippen molar-refractivity contribution in [3.05, 3.63) is 89.9 Å². The molecule has 5 heteroatoms. The lowest BCUT2D eigenvalue weighted by Crippen LogP contribution is -1.80. The first-order valence-electron chi connectivity index (χ1n) is 15.0. The van der Waals surface area contributed by atoms with Crippen LogP contribution in [-0.2, 0) is 12.8 Å². The van der Waals surface area contributed by atoms with Crippen molar-refractivity contribution in [2.75, 3.05) is 0 Å². The van der Waals surface area contributed by atoms with Crippen molar-refractivity contribution in [2.24, 2.45) is 0 Å². The van der Waals surface area contributed by atoms with Gasteiger partial charge in [0.05, 0.1) is 0 Å². The molecular formula is C36H40S5. The van der Waals surface area contributed by atoms with Gasteiger partial charge in [0.15, 0.2) is 0 Å². The molecule has 0 aliphatic heterocycles. The highest BCUT2D eigenvalue weighted by molar-refractivity contribution is 7.26. The molecular weight excluding hydrogens is 593 g/mol. The molecule has 0 atom stereocenters. The normalized spacial score (nSPS) is 12.0. The van der Waals surface area contributed by atoms with Crippen molar-refractivity contribution in [1.82, 2.24) is 0 Å². The van der Waals surface area contributed by atoms with E-state index < -0.39 is 0 Å². The Morgan fingerprint density at radius 2 is 0.756 bits per heavy atom. The molecule has 0 fully saturated rings. The third kappa shape index (κ3) is 9.23. The molecule has 5 aromatic heterocycles. The molecule has 0 amide bonds. The summed E-state index contributed by atoms with van der Waals surface area (Å²) in [4.78, 5) is 13.8. The Labute approximate surface area is 266 Å². The molecule has 5 rings (SSSR count). The fraction of sp³-hybridized carbons (Fsp3) is 0.333. The van der Waals surface area contributed by atoms with Gasteiger partial charge in [0.25, 0.3) is 0 Å². The Bertz CT molecular complexity index is 1420. The van der Waals surface area contributed by atoms with Crippen LogP contribution in [0.15, 0.2) is 60.7 Å². The van der Waals surface area contributed by atoms with Gasteiger partial charge in [0.2, 0.25) is 0 Å². The summed E-state index contributed by atoms with van der Waals surface area (Å²) in [6.07, 6.45) is 22.2. The number of hydrogen-bond acceptors (Lipinski definition) is 5. The predicted octanol–water partition coefficient (Wildman–Crippen LogP) is 13.9. The third-order valence-electron chi connectivity index (χ3n) is 7.09. The molecule has 0 bridgehead atoms. The lowest BCUT2D eigenvalue weighted by atomic mass is 10.1. The highest BCUT2D eigenvalue weighted by Crippen LogP contribution is 2.40. The van der Waals surface area contributed by atoms with Gasteiger partial charge in [-0.05, 0) is 111 Å². The average molecular weight is 633 g/mol. The van der Waals surface area contributed by atoms with Gasteiger partial charge in [0.1, 0.15) is 0 Å². The lowest BCUT2D eigenvalue weighted by molar-refractivity contribution is 0.670. The van der Waals surface area contributed by atoms with Crippen LogP contribution in [-0.4, -0.2) is 0 Å². The van der Waals surface area contributed by atoms with Gasteiger partial charge >= 0.3 is 0 Å². The first kappa shape index (κ1) is 30.4. The Hall–Kier alpha value is -2.02. The number of hydrogen-bond donors (Lipinski definition) is 0. The van der Waals surface area contributed by atoms with Crippen LogP contribution in [0.1, 0.15) is 94.5 Å². The van der Waals surface area contributed by atoms with Crippen molar-refractivity contribution in [3.8, 4) is 19.5 Å². The van der Waals surface area contributed by atoms with Crippen LogP contribution in [0.25, 0.3) is 43.8 Å². The minimum atomic E-state index is 1.22. The SMILES string of the molecule is CCCCCCc1ccc(C=Cc2ccc(-c3ccc(-c4ccc(C=Cc5ccc(CCCCCC)s5)s4)s3)s2)s1. The largest absolute Gasteiger partial charge is 0.141 e. The van der Waals surface area contributed by atoms with Crippen LogP contribution in [0.3, 0.4) is 0 Å². The third-order valence-corrected chi connectivity index (χ3v) is 12.9. The summed E-state index contributed by atoms with van der Waals surface area (Å²) in [5.74, 6) is 0. The summed E-state index contributed by atoms with van der Waals surface area (Å²) >= 11 is 9.54. The highest BCUT2D eigenvalue weighted by atomic mass is 32.1. The molecule has 0 aromatic carbocycles. The monoisotopic (exact) mass is 632 g/mol. The molecule has 5 aromatic rings. The van der Waals surface area contributed by atoms with Crippen molar-refractivity contribution in [3.63, 3.8) is 0 Å². The van der Waals surface area contributed by atoms with E-state index in [1.807, 2.05) is 56.7 Å². The summed E-state index contributed by atoms with van der Waals surface area (Å²) < 4.78 is 0. The maximum atomic E-state index is 2.31. The Morgan fingerprint density at radius 1 is 0.390 bits per heavy atom. The first-order valence-corrected chi connectivity index (χ1v) is 19.1. The number of aryl methyl sites for hydroxylation is 2. The van der Waals surface area contributed by atoms with E-state index in [1.54, 1.807) is 0 Å². The van der Waals surface area contributed by atoms with Gasteiger partial charge in [-0.2, -0.15) is 0 Å². The van der Waals surface area contributed by atoms with Crippen LogP contribution < -0.4 is 0 Å². The molecule has 0 unspecified atom stereocenters. The zero-order valence-electron chi connectivity index (χ0n) is 24.2. The van der Waals surface area contributed by atoms with Crippen LogP contribution in [0.4, 0.5) is 0 Å². The Morgan fingerprint density at radius 3 is 1.20 bits per heavy atom. The Kier molecular flexibility index (Phi) is 11.9. The van der Waals surface area contributed by atoms with E-state index in [9.17, 15) is 0 Å². The van der Waals surface area contributed by atoms with E-state index in [1.165, 1.54) is 113 Å². The van der Waals surface area contributed by atoms with Crippen molar-refractivity contribution < 1.29 is 0 Å². The summed E-state index contributed by atoms with van der Waals surface area (Å²) in [7, 11) is 0. The minimum absolute atomic E-state index is 1.22. The number of thiophene rings is 5. The van der Waals surface area contributed by atoms with Crippen molar-refractivity contribution in [1.29, 1.82) is 0 Å². The Balaban J connectivity index is 1.15. The number of unbranched alkanes of at least 4 members (excludes halogenated alkanes) is 6. The molecule has 0 radical (unpaired) electrons. The maximum absolute atomic E-state index is 2.31. The molecule has 0 N–H and O–H groups in total. The second-order valence-electron chi connectivity index (χ2n) is 10.5. The maximum Gasteiger partial charge on any atom is 0.0449 e. The quantitative estimate of drug-likeness (QED) is 0.0949. The fourth-order valence-corrected chi connectivity index (χ4v) is 9.69. The van der Waals surface area contributed by atoms with Gasteiger partial charge in [-0.15, -0.1) is 56.7 Å². The fourth-order valence-electron chi connectivity index (χ4n) is 4.77. The molecule has 0 saturated carbocycles. The first-order chi connectivity index (χ1) is 20.2. The van der Waals surface area contributed by atoms with Crippen molar-refractivity contribution >= 4 is 81.0 Å². The van der Waals surface area contributed by atoms with E-state index in [0.717, 1.165) is 0 Å². The molecule has 0 aliphatic carbocycles. The van der Waals surface area contributed by atoms with Crippen molar-refractivity contribution in [2.45, 2.75) is 78.1 Å². The minimum Gasteiger partial charge on any atom is -0.141 e. The summed E-state index contributed by atoms with van der Waals surface area (Å²) in [5.41, 5.74) is 0. The molecule has 41 heavy (non-hydrogen) atoms. The van der Waals surface area contributed by atoms with Crippen LogP contribution in [0.2, 0.25) is 0 Å². The van der Waals surface area contributed by atoms with E-state index >= 15 is 0 Å².